The van der Waals surface area contributed by atoms with Gasteiger partial charge in [0.15, 0.2) is 13.2 Å². The minimum absolute atomic E-state index is 0.0300. The zero-order valence-corrected chi connectivity index (χ0v) is 25.4. The Morgan fingerprint density at radius 1 is 1.00 bits per heavy atom. The molecule has 0 radical (unpaired) electrons. The van der Waals surface area contributed by atoms with Gasteiger partial charge in [0.2, 0.25) is 5.88 Å². The average Bonchev–Trinajstić information content (AvgIpc) is 3.41. The van der Waals surface area contributed by atoms with Crippen molar-refractivity contribution in [1.29, 1.82) is 0 Å². The number of carbonyl (C=O) groups is 1. The van der Waals surface area contributed by atoms with E-state index in [-0.39, 0.29) is 24.5 Å². The molecule has 5 heterocycles. The van der Waals surface area contributed by atoms with Gasteiger partial charge in [0.25, 0.3) is 5.91 Å². The van der Waals surface area contributed by atoms with E-state index in [9.17, 15) is 31.1 Å². The van der Waals surface area contributed by atoms with Crippen molar-refractivity contribution in [1.82, 2.24) is 24.2 Å². The summed E-state index contributed by atoms with van der Waals surface area (Å²) in [5, 5.41) is 0.321. The monoisotopic (exact) mass is 683 g/mol. The molecule has 0 N–H and O–H groups in total. The van der Waals surface area contributed by atoms with E-state index < -0.39 is 43.1 Å². The first-order valence-electron chi connectivity index (χ1n) is 14.6. The molecule has 16 heteroatoms. The Morgan fingerprint density at radius 3 is 2.47 bits per heavy atom. The lowest BCUT2D eigenvalue weighted by Crippen LogP contribution is -2.43. The van der Waals surface area contributed by atoms with Crippen molar-refractivity contribution in [3.8, 4) is 11.6 Å². The third-order valence-corrected chi connectivity index (χ3v) is 8.16. The summed E-state index contributed by atoms with van der Waals surface area (Å²) in [6.07, 6.45) is -6.43. The second-order valence-electron chi connectivity index (χ2n) is 11.1. The van der Waals surface area contributed by atoms with Crippen LogP contribution in [0.5, 0.6) is 11.6 Å². The number of benzene rings is 1. The molecule has 0 bridgehead atoms. The van der Waals surface area contributed by atoms with E-state index in [1.807, 2.05) is 6.07 Å². The smallest absolute Gasteiger partial charge is 0.422 e. The van der Waals surface area contributed by atoms with Crippen molar-refractivity contribution in [2.45, 2.75) is 31.4 Å². The first-order valence-corrected chi connectivity index (χ1v) is 15.0. The number of alkyl halides is 6. The molecule has 250 valence electrons. The molecule has 0 aliphatic carbocycles. The van der Waals surface area contributed by atoms with Crippen LogP contribution in [0, 0.1) is 0 Å². The number of ether oxygens (including phenoxy) is 3. The van der Waals surface area contributed by atoms with Crippen LogP contribution in [0.15, 0.2) is 54.9 Å². The van der Waals surface area contributed by atoms with E-state index >= 15 is 0 Å². The van der Waals surface area contributed by atoms with Crippen LogP contribution in [0.1, 0.15) is 34.1 Å². The summed E-state index contributed by atoms with van der Waals surface area (Å²) < 4.78 is 95.8. The molecule has 3 aromatic heterocycles. The number of amides is 1. The van der Waals surface area contributed by atoms with Gasteiger partial charge in [-0.25, -0.2) is 9.97 Å². The van der Waals surface area contributed by atoms with E-state index in [2.05, 4.69) is 14.9 Å². The number of rotatable bonds is 8. The minimum atomic E-state index is -4.59. The number of hydrogen-bond donors (Lipinski definition) is 0. The van der Waals surface area contributed by atoms with Crippen LogP contribution in [-0.2, 0) is 28.7 Å². The summed E-state index contributed by atoms with van der Waals surface area (Å²) >= 11 is 6.50. The van der Waals surface area contributed by atoms with Gasteiger partial charge in [-0.2, -0.15) is 26.3 Å². The average molecular weight is 684 g/mol. The van der Waals surface area contributed by atoms with Gasteiger partial charge in [-0.1, -0.05) is 17.7 Å². The van der Waals surface area contributed by atoms with Crippen LogP contribution in [0.4, 0.5) is 26.3 Å². The Balaban J connectivity index is 1.26. The van der Waals surface area contributed by atoms with Gasteiger partial charge < -0.3 is 23.5 Å². The molecule has 1 atom stereocenters. The molecule has 0 spiro atoms. The van der Waals surface area contributed by atoms with E-state index in [1.54, 1.807) is 12.1 Å². The summed E-state index contributed by atoms with van der Waals surface area (Å²) in [6.45, 7) is 1.78. The third-order valence-electron chi connectivity index (χ3n) is 7.86. The zero-order valence-electron chi connectivity index (χ0n) is 24.7. The maximum Gasteiger partial charge on any atom is 0.422 e. The molecular formula is C31H28ClF6N5O4. The largest absolute Gasteiger partial charge is 0.482 e. The van der Waals surface area contributed by atoms with E-state index in [1.165, 1.54) is 33.8 Å². The quantitative estimate of drug-likeness (QED) is 0.220. The van der Waals surface area contributed by atoms with Crippen LogP contribution in [0.2, 0.25) is 5.02 Å². The van der Waals surface area contributed by atoms with Crippen molar-refractivity contribution >= 4 is 23.2 Å². The summed E-state index contributed by atoms with van der Waals surface area (Å²) in [4.78, 5) is 25.8. The molecule has 0 saturated carbocycles. The van der Waals surface area contributed by atoms with Gasteiger partial charge in [0, 0.05) is 51.1 Å². The van der Waals surface area contributed by atoms with Crippen LogP contribution < -0.4 is 9.47 Å². The Kier molecular flexibility index (Phi) is 9.23. The van der Waals surface area contributed by atoms with Crippen molar-refractivity contribution in [2.75, 3.05) is 46.1 Å². The maximum absolute atomic E-state index is 13.7. The van der Waals surface area contributed by atoms with Crippen molar-refractivity contribution in [3.05, 3.63) is 88.0 Å². The van der Waals surface area contributed by atoms with Gasteiger partial charge in [0.1, 0.15) is 17.4 Å². The second-order valence-corrected chi connectivity index (χ2v) is 11.5. The number of halogens is 7. The molecule has 1 amide bonds. The molecule has 1 saturated heterocycles. The number of imidazole rings is 1. The molecule has 1 unspecified atom stereocenters. The SMILES string of the molecule is O=C(COc1ccc(CN2CCOCC2)cc1Cl)N1CCc2nc3cc(C(F)(F)F)ccn3c2C1c1ccc(OCC(F)(F)F)nc1. The van der Waals surface area contributed by atoms with Gasteiger partial charge >= 0.3 is 12.4 Å². The summed E-state index contributed by atoms with van der Waals surface area (Å²) in [6, 6.07) is 8.92. The van der Waals surface area contributed by atoms with Crippen molar-refractivity contribution in [3.63, 3.8) is 0 Å². The minimum Gasteiger partial charge on any atom is -0.482 e. The summed E-state index contributed by atoms with van der Waals surface area (Å²) in [5.74, 6) is -0.460. The number of morpholine rings is 1. The lowest BCUT2D eigenvalue weighted by Gasteiger charge is -2.35. The van der Waals surface area contributed by atoms with Crippen LogP contribution in [-0.4, -0.2) is 82.3 Å². The van der Waals surface area contributed by atoms with E-state index in [0.29, 0.717) is 47.5 Å². The molecule has 6 rings (SSSR count). The fraction of sp³-hybridized carbons (Fsp3) is 0.387. The Hall–Kier alpha value is -4.08. The van der Waals surface area contributed by atoms with Crippen LogP contribution in [0.25, 0.3) is 5.65 Å². The highest BCUT2D eigenvalue weighted by Gasteiger charge is 2.38. The fourth-order valence-electron chi connectivity index (χ4n) is 5.67. The number of hydrogen-bond acceptors (Lipinski definition) is 7. The normalized spacial score (nSPS) is 17.5. The Bertz CT molecular complexity index is 1740. The Morgan fingerprint density at radius 2 is 1.79 bits per heavy atom. The van der Waals surface area contributed by atoms with Crippen LogP contribution >= 0.6 is 11.6 Å². The standard InChI is InChI=1S/C31H28ClF6N5O4/c32-22-13-19(16-41-9-11-45-12-10-41)1-3-24(22)46-17-27(44)43-8-6-23-29(42-7-5-21(31(36,37)38)14-25(42)40-23)28(43)20-2-4-26(39-15-20)47-18-30(33,34)35/h1-5,7,13-15,28H,6,8-12,16-18H2. The van der Waals surface area contributed by atoms with Crippen LogP contribution in [0.3, 0.4) is 0 Å². The molecule has 1 aromatic carbocycles. The molecule has 47 heavy (non-hydrogen) atoms. The number of aromatic nitrogens is 3. The van der Waals surface area contributed by atoms with Gasteiger partial charge in [-0.3, -0.25) is 9.69 Å². The highest BCUT2D eigenvalue weighted by atomic mass is 35.5. The first-order chi connectivity index (χ1) is 22.4. The van der Waals surface area contributed by atoms with E-state index in [0.717, 1.165) is 30.8 Å². The molecule has 9 nitrogen and oxygen atoms in total. The summed E-state index contributed by atoms with van der Waals surface area (Å²) in [7, 11) is 0. The Labute approximate surface area is 269 Å². The van der Waals surface area contributed by atoms with Crippen molar-refractivity contribution in [2.24, 2.45) is 0 Å². The fourth-order valence-corrected chi connectivity index (χ4v) is 5.92. The molecule has 2 aliphatic heterocycles. The predicted molar refractivity (Wildman–Crippen MR) is 156 cm³/mol. The number of fused-ring (bicyclic) bond motifs is 3. The molecular weight excluding hydrogens is 656 g/mol. The highest BCUT2D eigenvalue weighted by molar-refractivity contribution is 6.32. The number of pyridine rings is 2. The topological polar surface area (TPSA) is 81.4 Å². The third kappa shape index (κ3) is 7.57. The van der Waals surface area contributed by atoms with Gasteiger partial charge in [-0.05, 0) is 41.5 Å². The lowest BCUT2D eigenvalue weighted by molar-refractivity contribution is -0.154. The van der Waals surface area contributed by atoms with Gasteiger partial charge in [-0.15, -0.1) is 0 Å². The zero-order chi connectivity index (χ0) is 33.3. The highest BCUT2D eigenvalue weighted by Crippen LogP contribution is 2.38. The van der Waals surface area contributed by atoms with E-state index in [4.69, 9.17) is 25.8 Å². The second kappa shape index (κ2) is 13.2. The number of carbonyl (C=O) groups excluding carboxylic acids is 1. The van der Waals surface area contributed by atoms with Crippen molar-refractivity contribution < 1.29 is 45.3 Å². The molecule has 1 fully saturated rings. The molecule has 2 aliphatic rings. The van der Waals surface area contributed by atoms with Gasteiger partial charge in [0.05, 0.1) is 35.2 Å². The number of nitrogens with zero attached hydrogens (tertiary/aromatic N) is 5. The maximum atomic E-state index is 13.7. The first kappa shape index (κ1) is 32.8. The predicted octanol–water partition coefficient (Wildman–Crippen LogP) is 5.73. The summed E-state index contributed by atoms with van der Waals surface area (Å²) in [5.41, 5.74) is 1.38. The molecule has 4 aromatic rings. The lowest BCUT2D eigenvalue weighted by atomic mass is 9.96.